The first-order chi connectivity index (χ1) is 6.81. The van der Waals surface area contributed by atoms with Gasteiger partial charge in [0, 0.05) is 23.7 Å². The molecule has 4 heteroatoms. The van der Waals surface area contributed by atoms with Crippen molar-refractivity contribution in [3.05, 3.63) is 28.6 Å². The van der Waals surface area contributed by atoms with Crippen LogP contribution in [0.1, 0.15) is 4.88 Å². The molecule has 0 aliphatic heterocycles. The number of aryl methyl sites for hydroxylation is 1. The molecule has 0 atom stereocenters. The minimum Gasteiger partial charge on any atom is -0.357 e. The molecule has 0 aromatic carbocycles. The standard InChI is InChI=1S/C10H11N3S/c1-7-8(4-6-14-7)9-3-5-12-10(11-2)13-9/h3-6H,1-2H3,(H,11,12,13). The van der Waals surface area contributed by atoms with Gasteiger partial charge in [0.05, 0.1) is 5.69 Å². The average Bonchev–Trinajstić information content (AvgIpc) is 2.65. The van der Waals surface area contributed by atoms with E-state index in [1.807, 2.05) is 13.1 Å². The van der Waals surface area contributed by atoms with Crippen LogP contribution in [0.2, 0.25) is 0 Å². The first-order valence-corrected chi connectivity index (χ1v) is 5.24. The zero-order valence-electron chi connectivity index (χ0n) is 8.11. The molecule has 0 saturated heterocycles. The van der Waals surface area contributed by atoms with E-state index in [1.54, 1.807) is 17.5 Å². The van der Waals surface area contributed by atoms with E-state index >= 15 is 0 Å². The number of rotatable bonds is 2. The van der Waals surface area contributed by atoms with Crippen LogP contribution < -0.4 is 5.32 Å². The van der Waals surface area contributed by atoms with E-state index in [0.29, 0.717) is 5.95 Å². The maximum atomic E-state index is 4.38. The van der Waals surface area contributed by atoms with Crippen LogP contribution in [0.5, 0.6) is 0 Å². The van der Waals surface area contributed by atoms with E-state index in [-0.39, 0.29) is 0 Å². The third kappa shape index (κ3) is 1.61. The summed E-state index contributed by atoms with van der Waals surface area (Å²) in [5.74, 6) is 0.660. The van der Waals surface area contributed by atoms with Crippen molar-refractivity contribution in [1.29, 1.82) is 0 Å². The van der Waals surface area contributed by atoms with Crippen LogP contribution in [0.25, 0.3) is 11.3 Å². The summed E-state index contributed by atoms with van der Waals surface area (Å²) in [6, 6.07) is 4.01. The highest BCUT2D eigenvalue weighted by Crippen LogP contribution is 2.25. The van der Waals surface area contributed by atoms with Gasteiger partial charge >= 0.3 is 0 Å². The fraction of sp³-hybridized carbons (Fsp3) is 0.200. The fourth-order valence-corrected chi connectivity index (χ4v) is 1.99. The molecule has 2 aromatic heterocycles. The van der Waals surface area contributed by atoms with Gasteiger partial charge < -0.3 is 5.32 Å². The SMILES string of the molecule is CNc1nccc(-c2ccsc2C)n1. The van der Waals surface area contributed by atoms with Gasteiger partial charge in [-0.15, -0.1) is 11.3 Å². The molecule has 0 aliphatic carbocycles. The normalized spacial score (nSPS) is 10.1. The van der Waals surface area contributed by atoms with Crippen LogP contribution in [0, 0.1) is 6.92 Å². The molecule has 2 rings (SSSR count). The minimum absolute atomic E-state index is 0.660. The Morgan fingerprint density at radius 1 is 1.36 bits per heavy atom. The summed E-state index contributed by atoms with van der Waals surface area (Å²) in [4.78, 5) is 9.74. The molecule has 2 heterocycles. The van der Waals surface area contributed by atoms with E-state index in [4.69, 9.17) is 0 Å². The Kier molecular flexibility index (Phi) is 2.45. The lowest BCUT2D eigenvalue weighted by atomic mass is 10.2. The maximum Gasteiger partial charge on any atom is 0.222 e. The quantitative estimate of drug-likeness (QED) is 0.818. The van der Waals surface area contributed by atoms with Crippen molar-refractivity contribution in [1.82, 2.24) is 9.97 Å². The largest absolute Gasteiger partial charge is 0.357 e. The minimum atomic E-state index is 0.660. The number of nitrogens with one attached hydrogen (secondary N) is 1. The lowest BCUT2D eigenvalue weighted by molar-refractivity contribution is 1.15. The maximum absolute atomic E-state index is 4.38. The van der Waals surface area contributed by atoms with Crippen LogP contribution >= 0.6 is 11.3 Å². The number of aromatic nitrogens is 2. The number of nitrogens with zero attached hydrogens (tertiary/aromatic N) is 2. The molecule has 2 aromatic rings. The van der Waals surface area contributed by atoms with Crippen molar-refractivity contribution in [3.8, 4) is 11.3 Å². The fourth-order valence-electron chi connectivity index (χ4n) is 1.28. The van der Waals surface area contributed by atoms with Crippen molar-refractivity contribution in [2.75, 3.05) is 12.4 Å². The van der Waals surface area contributed by atoms with Crippen molar-refractivity contribution in [2.24, 2.45) is 0 Å². The van der Waals surface area contributed by atoms with E-state index in [1.165, 1.54) is 10.4 Å². The van der Waals surface area contributed by atoms with E-state index in [2.05, 4.69) is 33.7 Å². The molecule has 0 fully saturated rings. The second-order valence-corrected chi connectivity index (χ2v) is 4.03. The summed E-state index contributed by atoms with van der Waals surface area (Å²) in [6.07, 6.45) is 1.77. The van der Waals surface area contributed by atoms with E-state index < -0.39 is 0 Å². The third-order valence-electron chi connectivity index (χ3n) is 2.01. The van der Waals surface area contributed by atoms with Gasteiger partial charge in [0.25, 0.3) is 0 Å². The molecular formula is C10H11N3S. The number of thiophene rings is 1. The van der Waals surface area contributed by atoms with Gasteiger partial charge in [0.2, 0.25) is 5.95 Å². The molecule has 0 unspecified atom stereocenters. The average molecular weight is 205 g/mol. The Bertz CT molecular complexity index is 436. The van der Waals surface area contributed by atoms with Crippen LogP contribution in [0.4, 0.5) is 5.95 Å². The van der Waals surface area contributed by atoms with Crippen molar-refractivity contribution >= 4 is 17.3 Å². The van der Waals surface area contributed by atoms with Crippen molar-refractivity contribution in [2.45, 2.75) is 6.92 Å². The van der Waals surface area contributed by atoms with Gasteiger partial charge in [-0.1, -0.05) is 0 Å². The molecule has 0 spiro atoms. The molecule has 0 bridgehead atoms. The zero-order chi connectivity index (χ0) is 9.97. The van der Waals surface area contributed by atoms with Crippen molar-refractivity contribution < 1.29 is 0 Å². The molecule has 0 aliphatic rings. The van der Waals surface area contributed by atoms with E-state index in [9.17, 15) is 0 Å². The van der Waals surface area contributed by atoms with Crippen LogP contribution in [0.3, 0.4) is 0 Å². The lowest BCUT2D eigenvalue weighted by Crippen LogP contribution is -1.96. The zero-order valence-corrected chi connectivity index (χ0v) is 8.93. The monoisotopic (exact) mass is 205 g/mol. The van der Waals surface area contributed by atoms with Crippen LogP contribution in [0.15, 0.2) is 23.7 Å². The summed E-state index contributed by atoms with van der Waals surface area (Å²) in [7, 11) is 1.82. The lowest BCUT2D eigenvalue weighted by Gasteiger charge is -2.01. The smallest absolute Gasteiger partial charge is 0.222 e. The van der Waals surface area contributed by atoms with Gasteiger partial charge in [-0.25, -0.2) is 9.97 Å². The predicted octanol–water partition coefficient (Wildman–Crippen LogP) is 2.56. The highest BCUT2D eigenvalue weighted by atomic mass is 32.1. The second kappa shape index (κ2) is 3.75. The first-order valence-electron chi connectivity index (χ1n) is 4.36. The highest BCUT2D eigenvalue weighted by molar-refractivity contribution is 7.10. The van der Waals surface area contributed by atoms with Crippen LogP contribution in [-0.4, -0.2) is 17.0 Å². The van der Waals surface area contributed by atoms with Crippen LogP contribution in [-0.2, 0) is 0 Å². The molecule has 0 amide bonds. The summed E-state index contributed by atoms with van der Waals surface area (Å²) in [5.41, 5.74) is 2.16. The van der Waals surface area contributed by atoms with Crippen molar-refractivity contribution in [3.63, 3.8) is 0 Å². The highest BCUT2D eigenvalue weighted by Gasteiger charge is 2.04. The van der Waals surface area contributed by atoms with Gasteiger partial charge in [0.15, 0.2) is 0 Å². The summed E-state index contributed by atoms with van der Waals surface area (Å²) < 4.78 is 0. The first kappa shape index (κ1) is 9.15. The predicted molar refractivity (Wildman–Crippen MR) is 59.6 cm³/mol. The number of anilines is 1. The Morgan fingerprint density at radius 3 is 2.86 bits per heavy atom. The molecule has 3 nitrogen and oxygen atoms in total. The Balaban J connectivity index is 2.47. The van der Waals surface area contributed by atoms with Gasteiger partial charge in [-0.3, -0.25) is 0 Å². The molecule has 14 heavy (non-hydrogen) atoms. The van der Waals surface area contributed by atoms with Gasteiger partial charge in [0.1, 0.15) is 0 Å². The van der Waals surface area contributed by atoms with Gasteiger partial charge in [-0.05, 0) is 24.4 Å². The van der Waals surface area contributed by atoms with Gasteiger partial charge in [-0.2, -0.15) is 0 Å². The molecule has 72 valence electrons. The Morgan fingerprint density at radius 2 is 2.21 bits per heavy atom. The van der Waals surface area contributed by atoms with E-state index in [0.717, 1.165) is 5.69 Å². The molecule has 0 saturated carbocycles. The Labute approximate surface area is 86.8 Å². The summed E-state index contributed by atoms with van der Waals surface area (Å²) in [5, 5.41) is 5.01. The third-order valence-corrected chi connectivity index (χ3v) is 2.86. The summed E-state index contributed by atoms with van der Waals surface area (Å²) in [6.45, 7) is 2.10. The molecule has 1 N–H and O–H groups in total. The topological polar surface area (TPSA) is 37.8 Å². The molecular weight excluding hydrogens is 194 g/mol. The summed E-state index contributed by atoms with van der Waals surface area (Å²) >= 11 is 1.73. The molecule has 0 radical (unpaired) electrons. The Hall–Kier alpha value is -1.42. The second-order valence-electron chi connectivity index (χ2n) is 2.91. The number of hydrogen-bond donors (Lipinski definition) is 1. The number of hydrogen-bond acceptors (Lipinski definition) is 4.